The van der Waals surface area contributed by atoms with Crippen molar-refractivity contribution in [2.24, 2.45) is 0 Å². The van der Waals surface area contributed by atoms with Crippen LogP contribution in [0.2, 0.25) is 0 Å². The molecular weight excluding hydrogens is 232 g/mol. The molecule has 96 valence electrons. The zero-order chi connectivity index (χ0) is 12.3. The fraction of sp³-hybridized carbons (Fsp3) is 0.769. The standard InChI is InChI=1S/C13H22N2OS/c1-4-11-10(2)17-12(15-11)13(14-3)6-5-8-16-9-7-13/h14H,4-9H2,1-3H3. The third-order valence-electron chi connectivity index (χ3n) is 3.68. The van der Waals surface area contributed by atoms with Crippen LogP contribution < -0.4 is 5.32 Å². The molecule has 0 radical (unpaired) electrons. The highest BCUT2D eigenvalue weighted by atomic mass is 32.1. The van der Waals surface area contributed by atoms with Crippen LogP contribution >= 0.6 is 11.3 Å². The highest BCUT2D eigenvalue weighted by Crippen LogP contribution is 2.35. The van der Waals surface area contributed by atoms with Crippen molar-refractivity contribution in [2.75, 3.05) is 20.3 Å². The number of hydrogen-bond donors (Lipinski definition) is 1. The summed E-state index contributed by atoms with van der Waals surface area (Å²) >= 11 is 1.85. The lowest BCUT2D eigenvalue weighted by Gasteiger charge is -2.29. The number of aromatic nitrogens is 1. The average Bonchev–Trinajstić information content (AvgIpc) is 2.59. The van der Waals surface area contributed by atoms with Gasteiger partial charge in [-0.05, 0) is 39.7 Å². The Labute approximate surface area is 108 Å². The molecule has 1 aliphatic heterocycles. The Balaban J connectivity index is 2.31. The zero-order valence-corrected chi connectivity index (χ0v) is 11.8. The second-order valence-corrected chi connectivity index (χ2v) is 5.88. The SMILES string of the molecule is CCc1nc(C2(NC)CCCOCC2)sc1C. The first-order chi connectivity index (χ1) is 8.22. The van der Waals surface area contributed by atoms with Crippen LogP contribution in [0.1, 0.15) is 41.8 Å². The third-order valence-corrected chi connectivity index (χ3v) is 4.90. The minimum atomic E-state index is 0.0410. The van der Waals surface area contributed by atoms with E-state index in [0.717, 1.165) is 38.9 Å². The fourth-order valence-electron chi connectivity index (χ4n) is 2.48. The maximum Gasteiger partial charge on any atom is 0.113 e. The molecule has 1 aliphatic rings. The molecule has 4 heteroatoms. The first-order valence-corrected chi connectivity index (χ1v) is 7.27. The van der Waals surface area contributed by atoms with Crippen LogP contribution in [-0.2, 0) is 16.7 Å². The number of aryl methyl sites for hydroxylation is 2. The summed E-state index contributed by atoms with van der Waals surface area (Å²) in [6.45, 7) is 6.07. The van der Waals surface area contributed by atoms with E-state index in [0.29, 0.717) is 0 Å². The Kier molecular flexibility index (Phi) is 4.17. The van der Waals surface area contributed by atoms with Gasteiger partial charge in [-0.15, -0.1) is 11.3 Å². The van der Waals surface area contributed by atoms with E-state index in [-0.39, 0.29) is 5.54 Å². The quantitative estimate of drug-likeness (QED) is 0.900. The molecule has 3 nitrogen and oxygen atoms in total. The molecule has 0 aliphatic carbocycles. The van der Waals surface area contributed by atoms with Crippen molar-refractivity contribution in [1.29, 1.82) is 0 Å². The van der Waals surface area contributed by atoms with Gasteiger partial charge in [-0.2, -0.15) is 0 Å². The van der Waals surface area contributed by atoms with Crippen LogP contribution in [0.5, 0.6) is 0 Å². The van der Waals surface area contributed by atoms with Crippen molar-refractivity contribution in [3.8, 4) is 0 Å². The molecule has 1 aromatic heterocycles. The van der Waals surface area contributed by atoms with Crippen LogP contribution in [-0.4, -0.2) is 25.2 Å². The van der Waals surface area contributed by atoms with Gasteiger partial charge in [0.15, 0.2) is 0 Å². The molecule has 1 fully saturated rings. The number of hydrogen-bond acceptors (Lipinski definition) is 4. The molecule has 1 unspecified atom stereocenters. The van der Waals surface area contributed by atoms with E-state index in [1.165, 1.54) is 15.6 Å². The predicted molar refractivity (Wildman–Crippen MR) is 71.6 cm³/mol. The maximum atomic E-state index is 5.57. The molecule has 2 heterocycles. The molecule has 0 spiro atoms. The van der Waals surface area contributed by atoms with Gasteiger partial charge < -0.3 is 10.1 Å². The summed E-state index contributed by atoms with van der Waals surface area (Å²) in [6, 6.07) is 0. The van der Waals surface area contributed by atoms with Crippen LogP contribution in [0.3, 0.4) is 0 Å². The fourth-order valence-corrected chi connectivity index (χ4v) is 3.74. The summed E-state index contributed by atoms with van der Waals surface area (Å²) in [4.78, 5) is 6.20. The summed E-state index contributed by atoms with van der Waals surface area (Å²) in [5, 5.41) is 4.76. The van der Waals surface area contributed by atoms with E-state index >= 15 is 0 Å². The van der Waals surface area contributed by atoms with Gasteiger partial charge >= 0.3 is 0 Å². The number of nitrogens with one attached hydrogen (secondary N) is 1. The second-order valence-electron chi connectivity index (χ2n) is 4.67. The van der Waals surface area contributed by atoms with Gasteiger partial charge in [-0.1, -0.05) is 6.92 Å². The summed E-state index contributed by atoms with van der Waals surface area (Å²) in [7, 11) is 2.05. The minimum absolute atomic E-state index is 0.0410. The molecule has 1 saturated heterocycles. The van der Waals surface area contributed by atoms with E-state index in [1.54, 1.807) is 0 Å². The summed E-state index contributed by atoms with van der Waals surface area (Å²) in [5.74, 6) is 0. The monoisotopic (exact) mass is 254 g/mol. The zero-order valence-electron chi connectivity index (χ0n) is 11.0. The predicted octanol–water partition coefficient (Wildman–Crippen LogP) is 2.63. The Morgan fingerprint density at radius 3 is 2.88 bits per heavy atom. The van der Waals surface area contributed by atoms with E-state index in [9.17, 15) is 0 Å². The molecule has 1 atom stereocenters. The summed E-state index contributed by atoms with van der Waals surface area (Å²) < 4.78 is 5.57. The molecular formula is C13H22N2OS. The van der Waals surface area contributed by atoms with Crippen molar-refractivity contribution >= 4 is 11.3 Å². The van der Waals surface area contributed by atoms with Crippen molar-refractivity contribution in [2.45, 2.75) is 45.1 Å². The number of rotatable bonds is 3. The number of ether oxygens (including phenoxy) is 1. The lowest BCUT2D eigenvalue weighted by Crippen LogP contribution is -2.40. The minimum Gasteiger partial charge on any atom is -0.381 e. The molecule has 2 rings (SSSR count). The molecule has 1 aromatic rings. The second kappa shape index (κ2) is 5.46. The molecule has 0 aromatic carbocycles. The maximum absolute atomic E-state index is 5.57. The Hall–Kier alpha value is -0.450. The van der Waals surface area contributed by atoms with Crippen molar-refractivity contribution in [3.05, 3.63) is 15.6 Å². The molecule has 0 saturated carbocycles. The highest BCUT2D eigenvalue weighted by molar-refractivity contribution is 7.11. The van der Waals surface area contributed by atoms with E-state index < -0.39 is 0 Å². The van der Waals surface area contributed by atoms with E-state index in [2.05, 4.69) is 19.2 Å². The van der Waals surface area contributed by atoms with E-state index in [4.69, 9.17) is 9.72 Å². The largest absolute Gasteiger partial charge is 0.381 e. The lowest BCUT2D eigenvalue weighted by molar-refractivity contribution is 0.137. The molecule has 0 amide bonds. The third kappa shape index (κ3) is 2.54. The Morgan fingerprint density at radius 1 is 1.41 bits per heavy atom. The molecule has 17 heavy (non-hydrogen) atoms. The first-order valence-electron chi connectivity index (χ1n) is 6.45. The number of thiazole rings is 1. The van der Waals surface area contributed by atoms with Crippen molar-refractivity contribution in [3.63, 3.8) is 0 Å². The van der Waals surface area contributed by atoms with Crippen LogP contribution in [0.15, 0.2) is 0 Å². The highest BCUT2D eigenvalue weighted by Gasteiger charge is 2.34. The average molecular weight is 254 g/mol. The van der Waals surface area contributed by atoms with Gasteiger partial charge in [0, 0.05) is 18.1 Å². The van der Waals surface area contributed by atoms with Crippen LogP contribution in [0, 0.1) is 6.92 Å². The molecule has 0 bridgehead atoms. The first kappa shape index (κ1) is 13.0. The van der Waals surface area contributed by atoms with Crippen LogP contribution in [0.4, 0.5) is 0 Å². The topological polar surface area (TPSA) is 34.2 Å². The van der Waals surface area contributed by atoms with Crippen LogP contribution in [0.25, 0.3) is 0 Å². The van der Waals surface area contributed by atoms with E-state index in [1.807, 2.05) is 18.4 Å². The summed E-state index contributed by atoms with van der Waals surface area (Å²) in [5.41, 5.74) is 1.30. The number of nitrogens with zero attached hydrogens (tertiary/aromatic N) is 1. The Morgan fingerprint density at radius 2 is 2.24 bits per heavy atom. The van der Waals surface area contributed by atoms with Gasteiger partial charge in [0.1, 0.15) is 5.01 Å². The van der Waals surface area contributed by atoms with Crippen molar-refractivity contribution < 1.29 is 4.74 Å². The smallest absolute Gasteiger partial charge is 0.113 e. The van der Waals surface area contributed by atoms with Gasteiger partial charge in [-0.3, -0.25) is 0 Å². The Bertz CT molecular complexity index is 367. The van der Waals surface area contributed by atoms with Gasteiger partial charge in [0.25, 0.3) is 0 Å². The van der Waals surface area contributed by atoms with Gasteiger partial charge in [-0.25, -0.2) is 4.98 Å². The summed E-state index contributed by atoms with van der Waals surface area (Å²) in [6.07, 6.45) is 4.29. The molecule has 1 N–H and O–H groups in total. The lowest BCUT2D eigenvalue weighted by atomic mass is 9.91. The van der Waals surface area contributed by atoms with Gasteiger partial charge in [0.05, 0.1) is 11.2 Å². The normalized spacial score (nSPS) is 25.8. The van der Waals surface area contributed by atoms with Gasteiger partial charge in [0.2, 0.25) is 0 Å². The van der Waals surface area contributed by atoms with Crippen molar-refractivity contribution in [1.82, 2.24) is 10.3 Å².